The maximum atomic E-state index is 13.2. The van der Waals surface area contributed by atoms with Crippen molar-refractivity contribution in [3.8, 4) is 23.0 Å². The van der Waals surface area contributed by atoms with E-state index in [0.717, 1.165) is 5.56 Å². The summed E-state index contributed by atoms with van der Waals surface area (Å²) in [6.45, 7) is 0.326. The molecule has 6 nitrogen and oxygen atoms in total. The van der Waals surface area contributed by atoms with Crippen molar-refractivity contribution in [1.29, 1.82) is 0 Å². The second kappa shape index (κ2) is 9.45. The standard InChI is InChI=1S/C22H21FN2O4/c1-27-20-11-6-15(12-21(20)28-2)14-24-22(26)25-17-7-9-18(10-8-17)29-19-5-3-4-16(23)13-19/h3-13H,14H2,1-2H3,(H2,24,25,26). The van der Waals surface area contributed by atoms with Gasteiger partial charge in [0.1, 0.15) is 17.3 Å². The highest BCUT2D eigenvalue weighted by molar-refractivity contribution is 5.89. The second-order valence-electron chi connectivity index (χ2n) is 6.08. The summed E-state index contributed by atoms with van der Waals surface area (Å²) in [5.41, 5.74) is 1.47. The summed E-state index contributed by atoms with van der Waals surface area (Å²) in [6, 6.07) is 17.7. The summed E-state index contributed by atoms with van der Waals surface area (Å²) in [4.78, 5) is 12.1. The highest BCUT2D eigenvalue weighted by Gasteiger charge is 2.07. The molecule has 0 aliphatic heterocycles. The number of methoxy groups -OCH3 is 2. The molecule has 0 aliphatic carbocycles. The third kappa shape index (κ3) is 5.62. The van der Waals surface area contributed by atoms with Crippen LogP contribution >= 0.6 is 0 Å². The van der Waals surface area contributed by atoms with Crippen LogP contribution in [0.2, 0.25) is 0 Å². The van der Waals surface area contributed by atoms with Gasteiger partial charge < -0.3 is 24.8 Å². The van der Waals surface area contributed by atoms with Crippen LogP contribution in [0.3, 0.4) is 0 Å². The Balaban J connectivity index is 1.53. The fourth-order valence-corrected chi connectivity index (χ4v) is 2.62. The largest absolute Gasteiger partial charge is 0.493 e. The summed E-state index contributed by atoms with van der Waals surface area (Å²) >= 11 is 0. The van der Waals surface area contributed by atoms with Crippen LogP contribution in [0.25, 0.3) is 0 Å². The average Bonchev–Trinajstić information content (AvgIpc) is 2.73. The van der Waals surface area contributed by atoms with Gasteiger partial charge in [0, 0.05) is 18.3 Å². The van der Waals surface area contributed by atoms with E-state index in [2.05, 4.69) is 10.6 Å². The zero-order valence-corrected chi connectivity index (χ0v) is 16.1. The van der Waals surface area contributed by atoms with Gasteiger partial charge in [-0.15, -0.1) is 0 Å². The van der Waals surface area contributed by atoms with Crippen LogP contribution in [-0.2, 0) is 6.54 Å². The van der Waals surface area contributed by atoms with Crippen molar-refractivity contribution in [2.75, 3.05) is 19.5 Å². The first kappa shape index (κ1) is 20.0. The van der Waals surface area contributed by atoms with Crippen LogP contribution in [-0.4, -0.2) is 20.3 Å². The Morgan fingerprint density at radius 1 is 0.897 bits per heavy atom. The first-order valence-corrected chi connectivity index (χ1v) is 8.86. The number of anilines is 1. The normalized spacial score (nSPS) is 10.2. The monoisotopic (exact) mass is 396 g/mol. The molecule has 29 heavy (non-hydrogen) atoms. The zero-order chi connectivity index (χ0) is 20.6. The van der Waals surface area contributed by atoms with Crippen molar-refractivity contribution in [2.45, 2.75) is 6.54 Å². The Morgan fingerprint density at radius 3 is 2.34 bits per heavy atom. The number of ether oxygens (including phenoxy) is 3. The van der Waals surface area contributed by atoms with E-state index >= 15 is 0 Å². The number of amides is 2. The van der Waals surface area contributed by atoms with Gasteiger partial charge in [0.2, 0.25) is 0 Å². The number of rotatable bonds is 7. The van der Waals surface area contributed by atoms with E-state index in [4.69, 9.17) is 14.2 Å². The third-order valence-corrected chi connectivity index (χ3v) is 4.04. The predicted molar refractivity (Wildman–Crippen MR) is 108 cm³/mol. The van der Waals surface area contributed by atoms with E-state index in [1.807, 2.05) is 6.07 Å². The SMILES string of the molecule is COc1ccc(CNC(=O)Nc2ccc(Oc3cccc(F)c3)cc2)cc1OC. The van der Waals surface area contributed by atoms with Crippen molar-refractivity contribution in [3.05, 3.63) is 78.1 Å². The van der Waals surface area contributed by atoms with Crippen molar-refractivity contribution >= 4 is 11.7 Å². The smallest absolute Gasteiger partial charge is 0.319 e. The molecule has 0 aromatic heterocycles. The van der Waals surface area contributed by atoms with Gasteiger partial charge in [-0.3, -0.25) is 0 Å². The zero-order valence-electron chi connectivity index (χ0n) is 16.1. The third-order valence-electron chi connectivity index (χ3n) is 4.04. The first-order valence-electron chi connectivity index (χ1n) is 8.86. The molecule has 2 amide bonds. The molecule has 0 radical (unpaired) electrons. The molecule has 3 aromatic rings. The molecule has 3 rings (SSSR count). The van der Waals surface area contributed by atoms with Gasteiger partial charge in [0.25, 0.3) is 0 Å². The first-order chi connectivity index (χ1) is 14.1. The summed E-state index contributed by atoms with van der Waals surface area (Å²) in [6.07, 6.45) is 0. The lowest BCUT2D eigenvalue weighted by atomic mass is 10.2. The summed E-state index contributed by atoms with van der Waals surface area (Å²) in [5.74, 6) is 1.79. The summed E-state index contributed by atoms with van der Waals surface area (Å²) in [7, 11) is 3.13. The van der Waals surface area contributed by atoms with E-state index in [1.54, 1.807) is 62.8 Å². The minimum absolute atomic E-state index is 0.326. The van der Waals surface area contributed by atoms with E-state index < -0.39 is 0 Å². The van der Waals surface area contributed by atoms with Crippen LogP contribution in [0, 0.1) is 5.82 Å². The van der Waals surface area contributed by atoms with Crippen LogP contribution in [0.4, 0.5) is 14.9 Å². The minimum Gasteiger partial charge on any atom is -0.493 e. The van der Waals surface area contributed by atoms with Crippen LogP contribution in [0.15, 0.2) is 66.7 Å². The second-order valence-corrected chi connectivity index (χ2v) is 6.08. The molecule has 0 saturated heterocycles. The number of urea groups is 1. The highest BCUT2D eigenvalue weighted by Crippen LogP contribution is 2.27. The molecule has 7 heteroatoms. The molecule has 0 bridgehead atoms. The van der Waals surface area contributed by atoms with E-state index in [9.17, 15) is 9.18 Å². The molecular formula is C22H21FN2O4. The van der Waals surface area contributed by atoms with Gasteiger partial charge >= 0.3 is 6.03 Å². The minimum atomic E-state index is -0.369. The number of carbonyl (C=O) groups excluding carboxylic acids is 1. The van der Waals surface area contributed by atoms with Gasteiger partial charge in [-0.1, -0.05) is 12.1 Å². The molecule has 0 aliphatic rings. The summed E-state index contributed by atoms with van der Waals surface area (Å²) in [5, 5.41) is 5.52. The Labute approximate surface area is 168 Å². The van der Waals surface area contributed by atoms with E-state index in [-0.39, 0.29) is 11.8 Å². The van der Waals surface area contributed by atoms with Gasteiger partial charge in [-0.2, -0.15) is 0 Å². The average molecular weight is 396 g/mol. The Kier molecular flexibility index (Phi) is 6.52. The number of carbonyl (C=O) groups is 1. The lowest BCUT2D eigenvalue weighted by Gasteiger charge is -2.11. The molecule has 0 saturated carbocycles. The van der Waals surface area contributed by atoms with Gasteiger partial charge in [-0.25, -0.2) is 9.18 Å². The van der Waals surface area contributed by atoms with Gasteiger partial charge in [-0.05, 0) is 54.1 Å². The van der Waals surface area contributed by atoms with Gasteiger partial charge in [0.15, 0.2) is 11.5 Å². The quantitative estimate of drug-likeness (QED) is 0.592. The topological polar surface area (TPSA) is 68.8 Å². The summed E-state index contributed by atoms with van der Waals surface area (Å²) < 4.78 is 29.2. The molecular weight excluding hydrogens is 375 g/mol. The Hall–Kier alpha value is -3.74. The maximum Gasteiger partial charge on any atom is 0.319 e. The van der Waals surface area contributed by atoms with Gasteiger partial charge in [0.05, 0.1) is 14.2 Å². The fraction of sp³-hybridized carbons (Fsp3) is 0.136. The van der Waals surface area contributed by atoms with E-state index in [1.165, 1.54) is 12.1 Å². The van der Waals surface area contributed by atoms with E-state index in [0.29, 0.717) is 35.2 Å². The van der Waals surface area contributed by atoms with Crippen LogP contribution < -0.4 is 24.8 Å². The molecule has 2 N–H and O–H groups in total. The molecule has 0 heterocycles. The van der Waals surface area contributed by atoms with Crippen molar-refractivity contribution in [3.63, 3.8) is 0 Å². The maximum absolute atomic E-state index is 13.2. The molecule has 3 aromatic carbocycles. The molecule has 0 fully saturated rings. The Bertz CT molecular complexity index is 977. The number of benzene rings is 3. The van der Waals surface area contributed by atoms with Crippen LogP contribution in [0.1, 0.15) is 5.56 Å². The number of nitrogens with one attached hydrogen (secondary N) is 2. The molecule has 0 unspecified atom stereocenters. The number of hydrogen-bond donors (Lipinski definition) is 2. The fourth-order valence-electron chi connectivity index (χ4n) is 2.62. The molecule has 150 valence electrons. The van der Waals surface area contributed by atoms with Crippen molar-refractivity contribution in [2.24, 2.45) is 0 Å². The lowest BCUT2D eigenvalue weighted by molar-refractivity contribution is 0.251. The molecule has 0 spiro atoms. The number of halogens is 1. The number of hydrogen-bond acceptors (Lipinski definition) is 4. The molecule has 0 atom stereocenters. The van der Waals surface area contributed by atoms with Crippen LogP contribution in [0.5, 0.6) is 23.0 Å². The van der Waals surface area contributed by atoms with Crippen molar-refractivity contribution in [1.82, 2.24) is 5.32 Å². The predicted octanol–water partition coefficient (Wildman–Crippen LogP) is 4.96. The Morgan fingerprint density at radius 2 is 1.66 bits per heavy atom. The lowest BCUT2D eigenvalue weighted by Crippen LogP contribution is -2.28. The van der Waals surface area contributed by atoms with Crippen molar-refractivity contribution < 1.29 is 23.4 Å². The highest BCUT2D eigenvalue weighted by atomic mass is 19.1.